The minimum Gasteiger partial charge on any atom is -0.478 e. The normalized spacial score (nSPS) is 16.1. The standard InChI is InChI=1S/C13H17N5O3/c1-2-20-11-7-10(14-8-15-11)18-5-3-9(4-6-18)12-16-17-13(19)21-12/h7-9H,2-6H2,1H3,(H,17,19). The Balaban J connectivity index is 1.65. The van der Waals surface area contributed by atoms with Gasteiger partial charge in [-0.2, -0.15) is 0 Å². The van der Waals surface area contributed by atoms with Gasteiger partial charge in [0.05, 0.1) is 6.61 Å². The van der Waals surface area contributed by atoms with E-state index in [1.165, 1.54) is 6.33 Å². The van der Waals surface area contributed by atoms with Crippen molar-refractivity contribution in [2.45, 2.75) is 25.7 Å². The molecule has 2 aromatic heterocycles. The third kappa shape index (κ3) is 3.04. The van der Waals surface area contributed by atoms with E-state index in [1.54, 1.807) is 0 Å². The molecule has 21 heavy (non-hydrogen) atoms. The Morgan fingerprint density at radius 2 is 2.24 bits per heavy atom. The number of H-pyrrole nitrogens is 1. The molecule has 0 spiro atoms. The minimum atomic E-state index is -0.496. The first-order valence-electron chi connectivity index (χ1n) is 7.01. The van der Waals surface area contributed by atoms with Gasteiger partial charge in [-0.1, -0.05) is 0 Å². The number of nitrogens with one attached hydrogen (secondary N) is 1. The number of aromatic amines is 1. The van der Waals surface area contributed by atoms with Crippen LogP contribution in [0.15, 0.2) is 21.6 Å². The minimum absolute atomic E-state index is 0.174. The molecule has 0 unspecified atom stereocenters. The molecule has 1 fully saturated rings. The van der Waals surface area contributed by atoms with Crippen LogP contribution >= 0.6 is 0 Å². The van der Waals surface area contributed by atoms with E-state index in [0.29, 0.717) is 18.4 Å². The van der Waals surface area contributed by atoms with Gasteiger partial charge in [0, 0.05) is 25.1 Å². The zero-order valence-corrected chi connectivity index (χ0v) is 11.8. The Morgan fingerprint density at radius 1 is 1.43 bits per heavy atom. The molecule has 0 atom stereocenters. The molecule has 0 bridgehead atoms. The van der Waals surface area contributed by atoms with E-state index in [4.69, 9.17) is 9.15 Å². The van der Waals surface area contributed by atoms with E-state index in [9.17, 15) is 4.79 Å². The predicted molar refractivity (Wildman–Crippen MR) is 74.5 cm³/mol. The molecule has 1 aliphatic heterocycles. The van der Waals surface area contributed by atoms with Crippen molar-refractivity contribution in [1.29, 1.82) is 0 Å². The molecule has 1 saturated heterocycles. The summed E-state index contributed by atoms with van der Waals surface area (Å²) < 4.78 is 10.4. The lowest BCUT2D eigenvalue weighted by atomic mass is 9.97. The SMILES string of the molecule is CCOc1cc(N2CCC(c3n[nH]c(=O)o3)CC2)ncn1. The van der Waals surface area contributed by atoms with E-state index in [2.05, 4.69) is 25.1 Å². The fourth-order valence-electron chi connectivity index (χ4n) is 2.50. The Kier molecular flexibility index (Phi) is 3.85. The van der Waals surface area contributed by atoms with Crippen molar-refractivity contribution in [2.75, 3.05) is 24.6 Å². The lowest BCUT2D eigenvalue weighted by Gasteiger charge is -2.31. The summed E-state index contributed by atoms with van der Waals surface area (Å²) in [5.41, 5.74) is 0. The van der Waals surface area contributed by atoms with Gasteiger partial charge in [-0.15, -0.1) is 5.10 Å². The van der Waals surface area contributed by atoms with Crippen molar-refractivity contribution in [2.24, 2.45) is 0 Å². The van der Waals surface area contributed by atoms with Crippen molar-refractivity contribution in [3.05, 3.63) is 28.8 Å². The highest BCUT2D eigenvalue weighted by Crippen LogP contribution is 2.28. The second kappa shape index (κ2) is 5.94. The molecule has 8 heteroatoms. The summed E-state index contributed by atoms with van der Waals surface area (Å²) in [5, 5.41) is 6.21. The molecule has 0 aliphatic carbocycles. The molecule has 1 aliphatic rings. The van der Waals surface area contributed by atoms with Crippen LogP contribution in [0.2, 0.25) is 0 Å². The number of aromatic nitrogens is 4. The van der Waals surface area contributed by atoms with E-state index in [-0.39, 0.29) is 5.92 Å². The zero-order chi connectivity index (χ0) is 14.7. The van der Waals surface area contributed by atoms with Crippen molar-refractivity contribution in [3.8, 4) is 5.88 Å². The van der Waals surface area contributed by atoms with E-state index < -0.39 is 5.76 Å². The van der Waals surface area contributed by atoms with E-state index in [0.717, 1.165) is 31.7 Å². The fraction of sp³-hybridized carbons (Fsp3) is 0.538. The number of hydrogen-bond acceptors (Lipinski definition) is 7. The molecular weight excluding hydrogens is 274 g/mol. The Hall–Kier alpha value is -2.38. The summed E-state index contributed by atoms with van der Waals surface area (Å²) >= 11 is 0. The lowest BCUT2D eigenvalue weighted by molar-refractivity contribution is 0.326. The number of piperidine rings is 1. The second-order valence-corrected chi connectivity index (χ2v) is 4.86. The average Bonchev–Trinajstić information content (AvgIpc) is 2.95. The number of anilines is 1. The number of nitrogens with zero attached hydrogens (tertiary/aromatic N) is 4. The summed E-state index contributed by atoms with van der Waals surface area (Å²) in [6.45, 7) is 4.15. The Labute approximate surface area is 121 Å². The summed E-state index contributed by atoms with van der Waals surface area (Å²) in [6, 6.07) is 1.85. The first-order valence-corrected chi connectivity index (χ1v) is 7.01. The van der Waals surface area contributed by atoms with Gasteiger partial charge in [0.15, 0.2) is 0 Å². The summed E-state index contributed by atoms with van der Waals surface area (Å²) in [4.78, 5) is 21.5. The molecule has 1 N–H and O–H groups in total. The zero-order valence-electron chi connectivity index (χ0n) is 11.8. The first-order chi connectivity index (χ1) is 10.3. The summed E-state index contributed by atoms with van der Waals surface area (Å²) in [5.74, 6) is 1.62. The van der Waals surface area contributed by atoms with E-state index in [1.807, 2.05) is 13.0 Å². The third-order valence-electron chi connectivity index (χ3n) is 3.54. The Morgan fingerprint density at radius 3 is 2.90 bits per heavy atom. The van der Waals surface area contributed by atoms with Crippen LogP contribution in [0.5, 0.6) is 5.88 Å². The number of hydrogen-bond donors (Lipinski definition) is 1. The number of rotatable bonds is 4. The Bertz CT molecular complexity index is 645. The molecule has 3 rings (SSSR count). The maximum atomic E-state index is 11.0. The molecule has 0 radical (unpaired) electrons. The first kappa shape index (κ1) is 13.6. The van der Waals surface area contributed by atoms with Gasteiger partial charge in [0.25, 0.3) is 0 Å². The van der Waals surface area contributed by atoms with Gasteiger partial charge >= 0.3 is 5.76 Å². The largest absolute Gasteiger partial charge is 0.478 e. The van der Waals surface area contributed by atoms with Crippen LogP contribution in [-0.4, -0.2) is 39.9 Å². The fourth-order valence-corrected chi connectivity index (χ4v) is 2.50. The van der Waals surface area contributed by atoms with Gasteiger partial charge < -0.3 is 14.1 Å². The molecule has 3 heterocycles. The smallest absolute Gasteiger partial charge is 0.434 e. The van der Waals surface area contributed by atoms with Crippen molar-refractivity contribution in [1.82, 2.24) is 20.2 Å². The maximum absolute atomic E-state index is 11.0. The monoisotopic (exact) mass is 291 g/mol. The molecule has 2 aromatic rings. The highest BCUT2D eigenvalue weighted by Gasteiger charge is 2.25. The molecule has 0 saturated carbocycles. The predicted octanol–water partition coefficient (Wildman–Crippen LogP) is 0.936. The number of ether oxygens (including phenoxy) is 1. The van der Waals surface area contributed by atoms with Crippen LogP contribution in [0.4, 0.5) is 5.82 Å². The quantitative estimate of drug-likeness (QED) is 0.895. The highest BCUT2D eigenvalue weighted by atomic mass is 16.5. The van der Waals surface area contributed by atoms with Crippen LogP contribution in [-0.2, 0) is 0 Å². The van der Waals surface area contributed by atoms with Gasteiger partial charge in [-0.3, -0.25) is 0 Å². The van der Waals surface area contributed by atoms with Crippen molar-refractivity contribution < 1.29 is 9.15 Å². The molecule has 8 nitrogen and oxygen atoms in total. The molecular formula is C13H17N5O3. The molecule has 112 valence electrons. The second-order valence-electron chi connectivity index (χ2n) is 4.86. The van der Waals surface area contributed by atoms with E-state index >= 15 is 0 Å². The average molecular weight is 291 g/mol. The van der Waals surface area contributed by atoms with Crippen LogP contribution < -0.4 is 15.4 Å². The summed E-state index contributed by atoms with van der Waals surface area (Å²) in [7, 11) is 0. The van der Waals surface area contributed by atoms with Crippen LogP contribution in [0, 0.1) is 0 Å². The summed E-state index contributed by atoms with van der Waals surface area (Å²) in [6.07, 6.45) is 3.24. The van der Waals surface area contributed by atoms with Gasteiger partial charge in [-0.25, -0.2) is 19.9 Å². The van der Waals surface area contributed by atoms with Gasteiger partial charge in [-0.05, 0) is 19.8 Å². The van der Waals surface area contributed by atoms with Crippen LogP contribution in [0.3, 0.4) is 0 Å². The van der Waals surface area contributed by atoms with Gasteiger partial charge in [0.1, 0.15) is 12.1 Å². The molecule has 0 amide bonds. The van der Waals surface area contributed by atoms with Crippen molar-refractivity contribution >= 4 is 5.82 Å². The van der Waals surface area contributed by atoms with Gasteiger partial charge in [0.2, 0.25) is 11.8 Å². The van der Waals surface area contributed by atoms with Crippen LogP contribution in [0.1, 0.15) is 31.6 Å². The highest BCUT2D eigenvalue weighted by molar-refractivity contribution is 5.41. The molecule has 0 aromatic carbocycles. The van der Waals surface area contributed by atoms with Crippen LogP contribution in [0.25, 0.3) is 0 Å². The van der Waals surface area contributed by atoms with Crippen molar-refractivity contribution in [3.63, 3.8) is 0 Å². The lowest BCUT2D eigenvalue weighted by Crippen LogP contribution is -2.33. The maximum Gasteiger partial charge on any atom is 0.434 e. The third-order valence-corrected chi connectivity index (χ3v) is 3.54. The topological polar surface area (TPSA) is 97.1 Å².